The number of para-hydroxylation sites is 1. The topological polar surface area (TPSA) is 99.2 Å². The summed E-state index contributed by atoms with van der Waals surface area (Å²) in [6.45, 7) is 0.622. The van der Waals surface area contributed by atoms with E-state index in [4.69, 9.17) is 0 Å². The number of aliphatic hydroxyl groups is 1. The van der Waals surface area contributed by atoms with Crippen LogP contribution in [0.2, 0.25) is 0 Å². The molecule has 3 heterocycles. The fraction of sp³-hybridized carbons (Fsp3) is 0.364. The van der Waals surface area contributed by atoms with Gasteiger partial charge in [0.05, 0.1) is 11.6 Å². The smallest absolute Gasteiger partial charge is 0.263 e. The minimum absolute atomic E-state index is 0.0385. The van der Waals surface area contributed by atoms with Gasteiger partial charge in [0.2, 0.25) is 0 Å². The number of aliphatic hydroxyl groups excluding tert-OH is 1. The van der Waals surface area contributed by atoms with Gasteiger partial charge < -0.3 is 15.0 Å². The first-order valence-corrected chi connectivity index (χ1v) is 9.99. The van der Waals surface area contributed by atoms with Crippen molar-refractivity contribution in [2.24, 2.45) is 5.92 Å². The van der Waals surface area contributed by atoms with E-state index in [1.165, 1.54) is 6.20 Å². The molecule has 2 N–H and O–H groups in total. The second kappa shape index (κ2) is 7.08. The molecule has 2 aliphatic rings. The molecule has 1 aliphatic heterocycles. The summed E-state index contributed by atoms with van der Waals surface area (Å²) >= 11 is 0. The summed E-state index contributed by atoms with van der Waals surface area (Å²) in [4.78, 5) is 38.2. The van der Waals surface area contributed by atoms with Gasteiger partial charge in [-0.05, 0) is 37.0 Å². The highest BCUT2D eigenvalue weighted by atomic mass is 16.3. The van der Waals surface area contributed by atoms with Gasteiger partial charge in [0.15, 0.2) is 0 Å². The SMILES string of the molecule is O=C(c1cnc(C2CC2)[nH]c1=O)N1C[C@@H](Cc2ccnc3ccccc23)[C@@H](O)C1. The monoisotopic (exact) mass is 390 g/mol. The molecule has 7 heteroatoms. The lowest BCUT2D eigenvalue weighted by atomic mass is 9.94. The maximum absolute atomic E-state index is 12.9. The lowest BCUT2D eigenvalue weighted by Crippen LogP contribution is -2.34. The number of fused-ring (bicyclic) bond motifs is 1. The molecule has 7 nitrogen and oxygen atoms in total. The molecule has 1 aliphatic carbocycles. The number of hydrogen-bond acceptors (Lipinski definition) is 5. The number of β-amino-alcohol motifs (C(OH)–C–C–N with tert-alkyl or cyclic N) is 1. The molecule has 5 rings (SSSR count). The van der Waals surface area contributed by atoms with Crippen molar-refractivity contribution in [2.75, 3.05) is 13.1 Å². The number of carbonyl (C=O) groups is 1. The Bertz CT molecular complexity index is 1130. The number of likely N-dealkylation sites (tertiary alicyclic amines) is 1. The Labute approximate surface area is 167 Å². The summed E-state index contributed by atoms with van der Waals surface area (Å²) in [5, 5.41) is 11.6. The summed E-state index contributed by atoms with van der Waals surface area (Å²) in [5.41, 5.74) is 1.66. The number of pyridine rings is 1. The van der Waals surface area contributed by atoms with Crippen LogP contribution in [0.4, 0.5) is 0 Å². The molecule has 1 amide bonds. The molecule has 2 aromatic heterocycles. The zero-order valence-electron chi connectivity index (χ0n) is 15.9. The zero-order valence-corrected chi connectivity index (χ0v) is 15.9. The number of amides is 1. The van der Waals surface area contributed by atoms with Crippen LogP contribution >= 0.6 is 0 Å². The maximum atomic E-state index is 12.9. The zero-order chi connectivity index (χ0) is 20.0. The van der Waals surface area contributed by atoms with Gasteiger partial charge in [-0.2, -0.15) is 0 Å². The van der Waals surface area contributed by atoms with Crippen molar-refractivity contribution >= 4 is 16.8 Å². The van der Waals surface area contributed by atoms with E-state index in [9.17, 15) is 14.7 Å². The van der Waals surface area contributed by atoms with Crippen molar-refractivity contribution in [3.63, 3.8) is 0 Å². The van der Waals surface area contributed by atoms with Gasteiger partial charge in [-0.15, -0.1) is 0 Å². The molecule has 1 saturated heterocycles. The van der Waals surface area contributed by atoms with Crippen LogP contribution in [0.5, 0.6) is 0 Å². The molecular weight excluding hydrogens is 368 g/mol. The first-order chi connectivity index (χ1) is 14.1. The quantitative estimate of drug-likeness (QED) is 0.709. The Balaban J connectivity index is 1.34. The number of rotatable bonds is 4. The highest BCUT2D eigenvalue weighted by molar-refractivity contribution is 5.93. The Morgan fingerprint density at radius 3 is 2.79 bits per heavy atom. The average Bonchev–Trinajstić information content (AvgIpc) is 3.52. The summed E-state index contributed by atoms with van der Waals surface area (Å²) in [6, 6.07) is 9.87. The minimum Gasteiger partial charge on any atom is -0.391 e. The van der Waals surface area contributed by atoms with E-state index in [1.807, 2.05) is 30.3 Å². The van der Waals surface area contributed by atoms with Gasteiger partial charge in [-0.1, -0.05) is 18.2 Å². The van der Waals surface area contributed by atoms with Crippen molar-refractivity contribution in [3.05, 3.63) is 70.0 Å². The molecule has 3 aromatic rings. The Morgan fingerprint density at radius 1 is 1.17 bits per heavy atom. The average molecular weight is 390 g/mol. The Morgan fingerprint density at radius 2 is 2.00 bits per heavy atom. The number of benzene rings is 1. The molecular formula is C22H22N4O3. The van der Waals surface area contributed by atoms with Crippen molar-refractivity contribution in [1.82, 2.24) is 19.9 Å². The van der Waals surface area contributed by atoms with E-state index in [-0.39, 0.29) is 23.9 Å². The summed E-state index contributed by atoms with van der Waals surface area (Å²) in [6.07, 6.45) is 5.21. The number of nitrogens with zero attached hydrogens (tertiary/aromatic N) is 3. The van der Waals surface area contributed by atoms with Crippen LogP contribution in [0.1, 0.15) is 40.5 Å². The summed E-state index contributed by atoms with van der Waals surface area (Å²) in [7, 11) is 0. The van der Waals surface area contributed by atoms with Gasteiger partial charge in [0, 0.05) is 42.7 Å². The molecule has 1 aromatic carbocycles. The number of aromatic amines is 1. The number of aromatic nitrogens is 3. The lowest BCUT2D eigenvalue weighted by Gasteiger charge is -2.16. The highest BCUT2D eigenvalue weighted by Gasteiger charge is 2.36. The van der Waals surface area contributed by atoms with Crippen molar-refractivity contribution < 1.29 is 9.90 Å². The largest absolute Gasteiger partial charge is 0.391 e. The van der Waals surface area contributed by atoms with Gasteiger partial charge >= 0.3 is 0 Å². The Kier molecular flexibility index (Phi) is 4.39. The standard InChI is InChI=1S/C22H22N4O3/c27-19-12-26(22(29)17-10-24-20(13-5-6-13)25-21(17)28)11-15(19)9-14-7-8-23-18-4-2-1-3-16(14)18/h1-4,7-8,10,13,15,19,27H,5-6,9,11-12H2,(H,24,25,28)/t15-,19+/m1/s1. The number of hydrogen-bond donors (Lipinski definition) is 2. The molecule has 0 bridgehead atoms. The normalized spacial score (nSPS) is 21.6. The molecule has 2 fully saturated rings. The fourth-order valence-corrected chi connectivity index (χ4v) is 4.13. The van der Waals surface area contributed by atoms with Crippen LogP contribution in [-0.4, -0.2) is 50.1 Å². The van der Waals surface area contributed by atoms with Gasteiger partial charge in [-0.25, -0.2) is 4.98 Å². The fourth-order valence-electron chi connectivity index (χ4n) is 4.13. The molecule has 29 heavy (non-hydrogen) atoms. The molecule has 148 valence electrons. The molecule has 1 saturated carbocycles. The third-order valence-electron chi connectivity index (χ3n) is 5.93. The van der Waals surface area contributed by atoms with Crippen molar-refractivity contribution in [2.45, 2.75) is 31.3 Å². The number of nitrogens with one attached hydrogen (secondary N) is 1. The molecule has 0 radical (unpaired) electrons. The predicted molar refractivity (Wildman–Crippen MR) is 108 cm³/mol. The van der Waals surface area contributed by atoms with Crippen LogP contribution in [0.15, 0.2) is 47.5 Å². The van der Waals surface area contributed by atoms with E-state index in [0.717, 1.165) is 29.3 Å². The van der Waals surface area contributed by atoms with Crippen LogP contribution in [0.3, 0.4) is 0 Å². The Hall–Kier alpha value is -3.06. The summed E-state index contributed by atoms with van der Waals surface area (Å²) in [5.74, 6) is 0.514. The second-order valence-electron chi connectivity index (χ2n) is 8.01. The first-order valence-electron chi connectivity index (χ1n) is 9.99. The first kappa shape index (κ1) is 18.0. The highest BCUT2D eigenvalue weighted by Crippen LogP contribution is 2.37. The van der Waals surface area contributed by atoms with E-state index >= 15 is 0 Å². The van der Waals surface area contributed by atoms with Crippen LogP contribution in [0.25, 0.3) is 10.9 Å². The van der Waals surface area contributed by atoms with Crippen molar-refractivity contribution in [3.8, 4) is 0 Å². The molecule has 0 unspecified atom stereocenters. The molecule has 0 spiro atoms. The number of H-pyrrole nitrogens is 1. The number of carbonyl (C=O) groups excluding carboxylic acids is 1. The predicted octanol–water partition coefficient (Wildman–Crippen LogP) is 1.87. The third-order valence-corrected chi connectivity index (χ3v) is 5.93. The van der Waals surface area contributed by atoms with Gasteiger partial charge in [-0.3, -0.25) is 14.6 Å². The molecule has 2 atom stereocenters. The van der Waals surface area contributed by atoms with E-state index < -0.39 is 11.7 Å². The van der Waals surface area contributed by atoms with Gasteiger partial charge in [0.25, 0.3) is 11.5 Å². The third kappa shape index (κ3) is 3.42. The van der Waals surface area contributed by atoms with E-state index in [0.29, 0.717) is 24.7 Å². The second-order valence-corrected chi connectivity index (χ2v) is 8.01. The minimum atomic E-state index is -0.636. The maximum Gasteiger partial charge on any atom is 0.263 e. The van der Waals surface area contributed by atoms with Crippen LogP contribution in [-0.2, 0) is 6.42 Å². The summed E-state index contributed by atoms with van der Waals surface area (Å²) < 4.78 is 0. The lowest BCUT2D eigenvalue weighted by molar-refractivity contribution is 0.0762. The van der Waals surface area contributed by atoms with Crippen LogP contribution < -0.4 is 5.56 Å². The van der Waals surface area contributed by atoms with Crippen LogP contribution in [0, 0.1) is 5.92 Å². The van der Waals surface area contributed by atoms with E-state index in [2.05, 4.69) is 15.0 Å². The van der Waals surface area contributed by atoms with Crippen molar-refractivity contribution in [1.29, 1.82) is 0 Å². The van der Waals surface area contributed by atoms with E-state index in [1.54, 1.807) is 11.1 Å². The van der Waals surface area contributed by atoms with Gasteiger partial charge in [0.1, 0.15) is 11.4 Å².